The molecule has 1 aliphatic heterocycles. The Morgan fingerprint density at radius 1 is 1.37 bits per heavy atom. The van der Waals surface area contributed by atoms with Gasteiger partial charge in [-0.2, -0.15) is 0 Å². The summed E-state index contributed by atoms with van der Waals surface area (Å²) in [7, 11) is 0. The zero-order valence-corrected chi connectivity index (χ0v) is 12.1. The SMILES string of the molecule is N/C(CCl)=C1/CCNCC1=NCc1ccccc1Cl. The van der Waals surface area contributed by atoms with E-state index >= 15 is 0 Å². The van der Waals surface area contributed by atoms with Crippen molar-refractivity contribution in [2.45, 2.75) is 13.0 Å². The molecule has 2 rings (SSSR count). The van der Waals surface area contributed by atoms with Crippen LogP contribution in [0.1, 0.15) is 12.0 Å². The zero-order chi connectivity index (χ0) is 13.7. The second-order valence-corrected chi connectivity index (χ2v) is 5.09. The van der Waals surface area contributed by atoms with Gasteiger partial charge in [-0.3, -0.25) is 4.99 Å². The predicted octanol–water partition coefficient (Wildman–Crippen LogP) is 2.73. The maximum absolute atomic E-state index is 6.13. The zero-order valence-electron chi connectivity index (χ0n) is 10.6. The number of nitrogens with one attached hydrogen (secondary N) is 1. The molecule has 1 aromatic rings. The van der Waals surface area contributed by atoms with Gasteiger partial charge in [0, 0.05) is 17.3 Å². The Bertz CT molecular complexity index is 509. The average Bonchev–Trinajstić information content (AvgIpc) is 2.46. The molecule has 0 radical (unpaired) electrons. The lowest BCUT2D eigenvalue weighted by Crippen LogP contribution is -2.34. The number of rotatable bonds is 3. The van der Waals surface area contributed by atoms with Crippen LogP contribution in [0.5, 0.6) is 0 Å². The molecule has 1 aliphatic rings. The number of hydrogen-bond donors (Lipinski definition) is 2. The van der Waals surface area contributed by atoms with E-state index in [-0.39, 0.29) is 0 Å². The first-order valence-electron chi connectivity index (χ1n) is 6.23. The Kier molecular flexibility index (Phi) is 5.25. The van der Waals surface area contributed by atoms with Crippen molar-refractivity contribution in [1.82, 2.24) is 5.32 Å². The molecule has 0 aromatic heterocycles. The summed E-state index contributed by atoms with van der Waals surface area (Å²) in [5.41, 5.74) is 9.77. The van der Waals surface area contributed by atoms with Crippen molar-refractivity contribution in [3.05, 3.63) is 46.1 Å². The first-order chi connectivity index (χ1) is 9.22. The van der Waals surface area contributed by atoms with Gasteiger partial charge in [0.2, 0.25) is 0 Å². The van der Waals surface area contributed by atoms with Gasteiger partial charge in [-0.25, -0.2) is 0 Å². The molecule has 19 heavy (non-hydrogen) atoms. The quantitative estimate of drug-likeness (QED) is 0.843. The molecule has 102 valence electrons. The minimum Gasteiger partial charge on any atom is -0.401 e. The maximum Gasteiger partial charge on any atom is 0.0658 e. The van der Waals surface area contributed by atoms with E-state index in [0.717, 1.165) is 47.1 Å². The van der Waals surface area contributed by atoms with Gasteiger partial charge >= 0.3 is 0 Å². The first kappa shape index (κ1) is 14.4. The summed E-state index contributed by atoms with van der Waals surface area (Å²) in [6, 6.07) is 7.74. The van der Waals surface area contributed by atoms with E-state index in [1.54, 1.807) is 0 Å². The van der Waals surface area contributed by atoms with E-state index in [9.17, 15) is 0 Å². The summed E-state index contributed by atoms with van der Waals surface area (Å²) in [5, 5.41) is 4.04. The minimum absolute atomic E-state index is 0.348. The molecular formula is C14H17Cl2N3. The fourth-order valence-electron chi connectivity index (χ4n) is 2.06. The van der Waals surface area contributed by atoms with E-state index < -0.39 is 0 Å². The van der Waals surface area contributed by atoms with E-state index in [2.05, 4.69) is 10.3 Å². The van der Waals surface area contributed by atoms with Crippen molar-refractivity contribution in [1.29, 1.82) is 0 Å². The third-order valence-electron chi connectivity index (χ3n) is 3.12. The molecule has 0 spiro atoms. The molecular weight excluding hydrogens is 281 g/mol. The molecule has 1 saturated heterocycles. The van der Waals surface area contributed by atoms with Gasteiger partial charge in [0.25, 0.3) is 0 Å². The number of benzene rings is 1. The molecule has 1 fully saturated rings. The van der Waals surface area contributed by atoms with E-state index in [0.29, 0.717) is 12.4 Å². The third-order valence-corrected chi connectivity index (χ3v) is 3.78. The molecule has 0 saturated carbocycles. The molecule has 0 bridgehead atoms. The summed E-state index contributed by atoms with van der Waals surface area (Å²) in [6.45, 7) is 2.21. The van der Waals surface area contributed by atoms with E-state index in [4.69, 9.17) is 28.9 Å². The smallest absolute Gasteiger partial charge is 0.0658 e. The molecule has 0 unspecified atom stereocenters. The Hall–Kier alpha value is -1.03. The van der Waals surface area contributed by atoms with Crippen molar-refractivity contribution >= 4 is 28.9 Å². The molecule has 3 nitrogen and oxygen atoms in total. The largest absolute Gasteiger partial charge is 0.401 e. The Morgan fingerprint density at radius 2 is 2.16 bits per heavy atom. The number of piperidine rings is 1. The average molecular weight is 298 g/mol. The van der Waals surface area contributed by atoms with Gasteiger partial charge < -0.3 is 11.1 Å². The van der Waals surface area contributed by atoms with Crippen LogP contribution in [0, 0.1) is 0 Å². The van der Waals surface area contributed by atoms with Crippen LogP contribution in [0.4, 0.5) is 0 Å². The van der Waals surface area contributed by atoms with Crippen molar-refractivity contribution in [2.75, 3.05) is 19.0 Å². The third kappa shape index (κ3) is 3.72. The maximum atomic E-state index is 6.13. The van der Waals surface area contributed by atoms with Gasteiger partial charge in [0.05, 0.1) is 18.1 Å². The van der Waals surface area contributed by atoms with Gasteiger partial charge in [-0.15, -0.1) is 11.6 Å². The number of halogens is 2. The number of allylic oxidation sites excluding steroid dienone is 1. The van der Waals surface area contributed by atoms with Gasteiger partial charge in [0.15, 0.2) is 0 Å². The number of alkyl halides is 1. The van der Waals surface area contributed by atoms with Crippen LogP contribution in [-0.2, 0) is 6.54 Å². The summed E-state index contributed by atoms with van der Waals surface area (Å²) >= 11 is 11.9. The standard InChI is InChI=1S/C14H17Cl2N3/c15-7-13(17)11-5-6-18-9-14(11)19-8-10-3-1-2-4-12(10)16/h1-4,18H,5-9,17H2/b13-11-,19-14?. The molecule has 1 heterocycles. The van der Waals surface area contributed by atoms with Crippen LogP contribution in [0.25, 0.3) is 0 Å². The molecule has 5 heteroatoms. The van der Waals surface area contributed by atoms with Gasteiger partial charge in [-0.05, 0) is 30.2 Å². The van der Waals surface area contributed by atoms with E-state index in [1.807, 2.05) is 24.3 Å². The van der Waals surface area contributed by atoms with Crippen molar-refractivity contribution in [3.8, 4) is 0 Å². The van der Waals surface area contributed by atoms with Gasteiger partial charge in [0.1, 0.15) is 0 Å². The molecule has 0 aliphatic carbocycles. The highest BCUT2D eigenvalue weighted by Crippen LogP contribution is 2.18. The fourth-order valence-corrected chi connectivity index (χ4v) is 2.41. The number of hydrogen-bond acceptors (Lipinski definition) is 3. The summed E-state index contributed by atoms with van der Waals surface area (Å²) < 4.78 is 0. The van der Waals surface area contributed by atoms with Crippen molar-refractivity contribution in [3.63, 3.8) is 0 Å². The normalized spacial score (nSPS) is 20.6. The Labute approximate surface area is 123 Å². The van der Waals surface area contributed by atoms with E-state index in [1.165, 1.54) is 0 Å². The van der Waals surface area contributed by atoms with Crippen LogP contribution in [0.3, 0.4) is 0 Å². The topological polar surface area (TPSA) is 50.4 Å². The molecule has 0 atom stereocenters. The minimum atomic E-state index is 0.348. The second-order valence-electron chi connectivity index (χ2n) is 4.42. The number of nitrogens with zero attached hydrogens (tertiary/aromatic N) is 1. The molecule has 1 aromatic carbocycles. The van der Waals surface area contributed by atoms with Crippen molar-refractivity contribution < 1.29 is 0 Å². The van der Waals surface area contributed by atoms with Gasteiger partial charge in [-0.1, -0.05) is 29.8 Å². The predicted molar refractivity (Wildman–Crippen MR) is 82.0 cm³/mol. The summed E-state index contributed by atoms with van der Waals surface area (Å²) in [4.78, 5) is 4.64. The summed E-state index contributed by atoms with van der Waals surface area (Å²) in [5.74, 6) is 0.348. The number of aliphatic imine (C=N–C) groups is 1. The summed E-state index contributed by atoms with van der Waals surface area (Å²) in [6.07, 6.45) is 0.875. The fraction of sp³-hybridized carbons (Fsp3) is 0.357. The van der Waals surface area contributed by atoms with Crippen LogP contribution in [-0.4, -0.2) is 24.7 Å². The number of nitrogens with two attached hydrogens (primary N) is 1. The highest BCUT2D eigenvalue weighted by molar-refractivity contribution is 6.31. The first-order valence-corrected chi connectivity index (χ1v) is 7.15. The lowest BCUT2D eigenvalue weighted by Gasteiger charge is -2.20. The second kappa shape index (κ2) is 6.94. The Morgan fingerprint density at radius 3 is 2.89 bits per heavy atom. The molecule has 0 amide bonds. The van der Waals surface area contributed by atoms with Crippen LogP contribution >= 0.6 is 23.2 Å². The van der Waals surface area contributed by atoms with Crippen LogP contribution < -0.4 is 11.1 Å². The lowest BCUT2D eigenvalue weighted by atomic mass is 10.0. The monoisotopic (exact) mass is 297 g/mol. The lowest BCUT2D eigenvalue weighted by molar-refractivity contribution is 0.723. The highest BCUT2D eigenvalue weighted by Gasteiger charge is 2.15. The van der Waals surface area contributed by atoms with Crippen LogP contribution in [0.2, 0.25) is 5.02 Å². The van der Waals surface area contributed by atoms with Crippen LogP contribution in [0.15, 0.2) is 40.5 Å². The highest BCUT2D eigenvalue weighted by atomic mass is 35.5. The molecule has 3 N–H and O–H groups in total. The Balaban J connectivity index is 2.19. The van der Waals surface area contributed by atoms with Crippen molar-refractivity contribution in [2.24, 2.45) is 10.7 Å².